The average Bonchev–Trinajstić information content (AvgIpc) is 2.83. The lowest BCUT2D eigenvalue weighted by molar-refractivity contribution is -0.0673. The van der Waals surface area contributed by atoms with Crippen LogP contribution in [-0.4, -0.2) is 0 Å². The van der Waals surface area contributed by atoms with Gasteiger partial charge in [0.2, 0.25) is 0 Å². The molecule has 0 aromatic rings. The van der Waals surface area contributed by atoms with Crippen molar-refractivity contribution in [1.29, 1.82) is 0 Å². The highest BCUT2D eigenvalue weighted by atomic mass is 14.6. The summed E-state index contributed by atoms with van der Waals surface area (Å²) in [6, 6.07) is 0. The van der Waals surface area contributed by atoms with E-state index in [1.54, 1.807) is 51.4 Å². The monoisotopic (exact) mass is 288 g/mol. The molecule has 0 aromatic heterocycles. The Morgan fingerprint density at radius 3 is 2.48 bits per heavy atom. The van der Waals surface area contributed by atoms with Gasteiger partial charge in [0, 0.05) is 0 Å². The van der Waals surface area contributed by atoms with E-state index < -0.39 is 0 Å². The average molecular weight is 289 g/mol. The fourth-order valence-electron chi connectivity index (χ4n) is 7.87. The van der Waals surface area contributed by atoms with Crippen molar-refractivity contribution in [3.8, 4) is 0 Å². The van der Waals surface area contributed by atoms with Gasteiger partial charge in [-0.25, -0.2) is 0 Å². The molecule has 0 spiro atoms. The molecule has 0 N–H and O–H groups in total. The maximum absolute atomic E-state index is 2.68. The van der Waals surface area contributed by atoms with E-state index in [-0.39, 0.29) is 0 Å². The van der Waals surface area contributed by atoms with Crippen molar-refractivity contribution in [3.63, 3.8) is 0 Å². The summed E-state index contributed by atoms with van der Waals surface area (Å²) < 4.78 is 0. The standard InChI is InChI=1S/C21H36/c1-4-16-7-10-20-19-9-6-15-13-14(2)5-8-17(15)18(19)11-12-21(16,20)3/h14-20H,4-13H2,1-3H3/t14?,15?,16?,17?,18?,19?,20-,21?/m0/s1. The van der Waals surface area contributed by atoms with Gasteiger partial charge < -0.3 is 0 Å². The van der Waals surface area contributed by atoms with E-state index in [0.29, 0.717) is 0 Å². The van der Waals surface area contributed by atoms with Crippen LogP contribution < -0.4 is 0 Å². The molecule has 0 bridgehead atoms. The fraction of sp³-hybridized carbons (Fsp3) is 1.00. The van der Waals surface area contributed by atoms with Gasteiger partial charge in [-0.05, 0) is 98.2 Å². The van der Waals surface area contributed by atoms with Crippen LogP contribution >= 0.6 is 0 Å². The lowest BCUT2D eigenvalue weighted by atomic mass is 9.49. The zero-order chi connectivity index (χ0) is 14.6. The number of hydrogen-bond acceptors (Lipinski definition) is 0. The van der Waals surface area contributed by atoms with E-state index >= 15 is 0 Å². The van der Waals surface area contributed by atoms with Gasteiger partial charge >= 0.3 is 0 Å². The Bertz CT molecular complexity index is 385. The highest BCUT2D eigenvalue weighted by Gasteiger charge is 2.56. The third-order valence-electron chi connectivity index (χ3n) is 8.91. The lowest BCUT2D eigenvalue weighted by Crippen LogP contribution is -2.48. The minimum atomic E-state index is 0.727. The minimum absolute atomic E-state index is 0.727. The van der Waals surface area contributed by atoms with Crippen LogP contribution in [0.4, 0.5) is 0 Å². The van der Waals surface area contributed by atoms with Crippen LogP contribution in [0.2, 0.25) is 0 Å². The lowest BCUT2D eigenvalue weighted by Gasteiger charge is -2.56. The summed E-state index contributed by atoms with van der Waals surface area (Å²) in [5.41, 5.74) is 0.727. The molecule has 21 heavy (non-hydrogen) atoms. The number of rotatable bonds is 1. The maximum atomic E-state index is 2.68. The molecule has 4 rings (SSSR count). The fourth-order valence-corrected chi connectivity index (χ4v) is 7.87. The molecule has 0 aromatic carbocycles. The normalized spacial score (nSPS) is 56.4. The Morgan fingerprint density at radius 2 is 1.67 bits per heavy atom. The van der Waals surface area contributed by atoms with Gasteiger partial charge in [0.15, 0.2) is 0 Å². The Kier molecular flexibility index (Phi) is 3.66. The van der Waals surface area contributed by atoms with Crippen LogP contribution in [0, 0.1) is 46.8 Å². The molecule has 4 fully saturated rings. The summed E-state index contributed by atoms with van der Waals surface area (Å²) in [6.45, 7) is 7.64. The van der Waals surface area contributed by atoms with Crippen molar-refractivity contribution >= 4 is 0 Å². The zero-order valence-electron chi connectivity index (χ0n) is 14.6. The first-order valence-corrected chi connectivity index (χ1v) is 10.1. The summed E-state index contributed by atoms with van der Waals surface area (Å²) in [7, 11) is 0. The van der Waals surface area contributed by atoms with Gasteiger partial charge in [-0.3, -0.25) is 0 Å². The first-order chi connectivity index (χ1) is 10.1. The molecular formula is C21H36. The molecule has 0 heterocycles. The van der Waals surface area contributed by atoms with Crippen molar-refractivity contribution < 1.29 is 0 Å². The van der Waals surface area contributed by atoms with Crippen LogP contribution in [0.1, 0.15) is 85.0 Å². The van der Waals surface area contributed by atoms with Crippen LogP contribution in [-0.2, 0) is 0 Å². The predicted octanol–water partition coefficient (Wildman–Crippen LogP) is 6.30. The molecular weight excluding hydrogens is 252 g/mol. The van der Waals surface area contributed by atoms with Crippen LogP contribution in [0.3, 0.4) is 0 Å². The summed E-state index contributed by atoms with van der Waals surface area (Å²) in [4.78, 5) is 0. The molecule has 0 nitrogen and oxygen atoms in total. The first-order valence-electron chi connectivity index (χ1n) is 10.1. The van der Waals surface area contributed by atoms with E-state index in [2.05, 4.69) is 20.8 Å². The molecule has 4 saturated carbocycles. The highest BCUT2D eigenvalue weighted by molar-refractivity contribution is 5.05. The van der Waals surface area contributed by atoms with Crippen molar-refractivity contribution in [2.75, 3.05) is 0 Å². The summed E-state index contributed by atoms with van der Waals surface area (Å²) >= 11 is 0. The van der Waals surface area contributed by atoms with E-state index in [0.717, 1.165) is 46.8 Å². The van der Waals surface area contributed by atoms with E-state index in [4.69, 9.17) is 0 Å². The van der Waals surface area contributed by atoms with Gasteiger partial charge in [-0.15, -0.1) is 0 Å². The Hall–Kier alpha value is 0. The molecule has 4 aliphatic rings. The Labute approximate surface area is 132 Å². The minimum Gasteiger partial charge on any atom is -0.0651 e. The molecule has 8 atom stereocenters. The van der Waals surface area contributed by atoms with Crippen molar-refractivity contribution in [2.45, 2.75) is 85.0 Å². The van der Waals surface area contributed by atoms with Gasteiger partial charge in [-0.2, -0.15) is 0 Å². The van der Waals surface area contributed by atoms with Crippen molar-refractivity contribution in [1.82, 2.24) is 0 Å². The zero-order valence-corrected chi connectivity index (χ0v) is 14.6. The Balaban J connectivity index is 1.55. The third-order valence-corrected chi connectivity index (χ3v) is 8.91. The molecule has 7 unspecified atom stereocenters. The van der Waals surface area contributed by atoms with Crippen LogP contribution in [0.15, 0.2) is 0 Å². The van der Waals surface area contributed by atoms with Crippen LogP contribution in [0.5, 0.6) is 0 Å². The molecule has 0 saturated heterocycles. The molecule has 0 aliphatic heterocycles. The maximum Gasteiger partial charge on any atom is -0.0266 e. The van der Waals surface area contributed by atoms with Gasteiger partial charge in [0.1, 0.15) is 0 Å². The second-order valence-corrected chi connectivity index (χ2v) is 9.58. The summed E-state index contributed by atoms with van der Waals surface area (Å²) in [5, 5.41) is 0. The van der Waals surface area contributed by atoms with Gasteiger partial charge in [-0.1, -0.05) is 33.6 Å². The molecule has 0 heteroatoms. The topological polar surface area (TPSA) is 0 Å². The molecule has 4 aliphatic carbocycles. The van der Waals surface area contributed by atoms with Crippen molar-refractivity contribution in [2.24, 2.45) is 46.8 Å². The quantitative estimate of drug-likeness (QED) is 0.531. The number of hydrogen-bond donors (Lipinski definition) is 0. The second kappa shape index (κ2) is 5.27. The SMILES string of the molecule is CCC1CC[C@H]2C3CCC4CC(C)CCC4C3CCC12C. The number of fused-ring (bicyclic) bond motifs is 5. The molecule has 0 amide bonds. The van der Waals surface area contributed by atoms with Crippen molar-refractivity contribution in [3.05, 3.63) is 0 Å². The van der Waals surface area contributed by atoms with E-state index in [1.165, 1.54) is 12.8 Å². The first kappa shape index (κ1) is 14.6. The third kappa shape index (κ3) is 2.14. The van der Waals surface area contributed by atoms with Gasteiger partial charge in [0.25, 0.3) is 0 Å². The van der Waals surface area contributed by atoms with E-state index in [1.807, 2.05) is 0 Å². The molecule has 0 radical (unpaired) electrons. The summed E-state index contributed by atoms with van der Waals surface area (Å²) in [5.74, 6) is 7.66. The smallest absolute Gasteiger partial charge is 0.0266 e. The predicted molar refractivity (Wildman–Crippen MR) is 90.1 cm³/mol. The van der Waals surface area contributed by atoms with Gasteiger partial charge in [0.05, 0.1) is 0 Å². The molecule has 120 valence electrons. The van der Waals surface area contributed by atoms with Crippen LogP contribution in [0.25, 0.3) is 0 Å². The van der Waals surface area contributed by atoms with E-state index in [9.17, 15) is 0 Å². The summed E-state index contributed by atoms with van der Waals surface area (Å²) in [6.07, 6.45) is 15.6. The second-order valence-electron chi connectivity index (χ2n) is 9.58. The highest BCUT2D eigenvalue weighted by Crippen LogP contribution is 2.64. The largest absolute Gasteiger partial charge is 0.0651 e. The Morgan fingerprint density at radius 1 is 0.857 bits per heavy atom.